The summed E-state index contributed by atoms with van der Waals surface area (Å²) in [6.07, 6.45) is 4.19. The Morgan fingerprint density at radius 2 is 2.27 bits per heavy atom. The van der Waals surface area contributed by atoms with Crippen LogP contribution in [0, 0.1) is 5.41 Å². The zero-order chi connectivity index (χ0) is 8.16. The van der Waals surface area contributed by atoms with Gasteiger partial charge >= 0.3 is 0 Å². The molecule has 0 aromatic carbocycles. The molecule has 0 spiro atoms. The molecule has 1 fully saturated rings. The highest BCUT2D eigenvalue weighted by molar-refractivity contribution is 4.85. The van der Waals surface area contributed by atoms with Crippen molar-refractivity contribution in [3.8, 4) is 0 Å². The number of nitrogens with one attached hydrogen (secondary N) is 1. The lowest BCUT2D eigenvalue weighted by atomic mass is 9.89. The monoisotopic (exact) mass is 155 g/mol. The van der Waals surface area contributed by atoms with Crippen molar-refractivity contribution in [1.82, 2.24) is 5.32 Å². The number of rotatable bonds is 4. The van der Waals surface area contributed by atoms with E-state index in [9.17, 15) is 0 Å². The molecule has 0 amide bonds. The third kappa shape index (κ3) is 2.64. The van der Waals surface area contributed by atoms with Gasteiger partial charge in [-0.25, -0.2) is 0 Å². The van der Waals surface area contributed by atoms with Gasteiger partial charge in [0.1, 0.15) is 0 Å². The average Bonchev–Trinajstić information content (AvgIpc) is 1.95. The Morgan fingerprint density at radius 1 is 1.55 bits per heavy atom. The van der Waals surface area contributed by atoms with Gasteiger partial charge < -0.3 is 10.1 Å². The Bertz CT molecular complexity index is 138. The first-order chi connectivity index (χ1) is 5.27. The fraction of sp³-hybridized carbons (Fsp3) is 0.778. The first kappa shape index (κ1) is 8.75. The van der Waals surface area contributed by atoms with Crippen molar-refractivity contribution in [2.75, 3.05) is 26.3 Å². The number of ether oxygens (including phenoxy) is 1. The Balaban J connectivity index is 2.02. The van der Waals surface area contributed by atoms with Crippen LogP contribution in [-0.2, 0) is 4.74 Å². The lowest BCUT2D eigenvalue weighted by Crippen LogP contribution is -2.47. The number of allylic oxidation sites excluding steroid dienone is 1. The van der Waals surface area contributed by atoms with Gasteiger partial charge in [0.05, 0.1) is 13.2 Å². The van der Waals surface area contributed by atoms with E-state index in [1.165, 1.54) is 0 Å². The molecule has 0 saturated carbocycles. The van der Waals surface area contributed by atoms with Crippen LogP contribution in [-0.4, -0.2) is 26.3 Å². The van der Waals surface area contributed by atoms with Crippen LogP contribution in [0.2, 0.25) is 0 Å². The van der Waals surface area contributed by atoms with Gasteiger partial charge in [-0.1, -0.05) is 19.1 Å². The molecule has 0 aromatic heterocycles. The highest BCUT2D eigenvalue weighted by Crippen LogP contribution is 2.24. The maximum atomic E-state index is 5.14. The van der Waals surface area contributed by atoms with Gasteiger partial charge in [0, 0.05) is 18.5 Å². The van der Waals surface area contributed by atoms with Crippen molar-refractivity contribution < 1.29 is 4.74 Å². The maximum Gasteiger partial charge on any atom is 0.0554 e. The van der Waals surface area contributed by atoms with Crippen molar-refractivity contribution in [2.24, 2.45) is 5.41 Å². The van der Waals surface area contributed by atoms with Gasteiger partial charge in [-0.15, -0.1) is 0 Å². The summed E-state index contributed by atoms with van der Waals surface area (Å²) in [5, 5.41) is 3.36. The second-order valence-corrected chi connectivity index (χ2v) is 3.50. The van der Waals surface area contributed by atoms with Crippen LogP contribution in [0.25, 0.3) is 0 Å². The number of hydrogen-bond donors (Lipinski definition) is 1. The minimum atomic E-state index is 0.404. The van der Waals surface area contributed by atoms with E-state index in [2.05, 4.69) is 24.4 Å². The summed E-state index contributed by atoms with van der Waals surface area (Å²) in [4.78, 5) is 0. The molecule has 11 heavy (non-hydrogen) atoms. The SMILES string of the molecule is C/C=C/CNCC1(C)COC1. The van der Waals surface area contributed by atoms with Gasteiger partial charge in [0.25, 0.3) is 0 Å². The quantitative estimate of drug-likeness (QED) is 0.486. The minimum Gasteiger partial charge on any atom is -0.380 e. The van der Waals surface area contributed by atoms with E-state index in [0.717, 1.165) is 26.3 Å². The number of hydrogen-bond acceptors (Lipinski definition) is 2. The van der Waals surface area contributed by atoms with Crippen LogP contribution < -0.4 is 5.32 Å². The standard InChI is InChI=1S/C9H17NO/c1-3-4-5-10-6-9(2)7-11-8-9/h3-4,10H,5-8H2,1-2H3/b4-3+. The molecule has 1 heterocycles. The molecule has 2 nitrogen and oxygen atoms in total. The fourth-order valence-electron chi connectivity index (χ4n) is 1.13. The fourth-order valence-corrected chi connectivity index (χ4v) is 1.13. The van der Waals surface area contributed by atoms with Crippen molar-refractivity contribution in [3.05, 3.63) is 12.2 Å². The van der Waals surface area contributed by atoms with E-state index in [4.69, 9.17) is 4.74 Å². The van der Waals surface area contributed by atoms with Crippen LogP contribution >= 0.6 is 0 Å². The van der Waals surface area contributed by atoms with E-state index in [1.807, 2.05) is 6.92 Å². The highest BCUT2D eigenvalue weighted by Gasteiger charge is 2.32. The molecular formula is C9H17NO. The van der Waals surface area contributed by atoms with Crippen molar-refractivity contribution in [2.45, 2.75) is 13.8 Å². The molecule has 64 valence electrons. The lowest BCUT2D eigenvalue weighted by molar-refractivity contribution is -0.0986. The summed E-state index contributed by atoms with van der Waals surface area (Å²) in [5.74, 6) is 0. The van der Waals surface area contributed by atoms with E-state index in [0.29, 0.717) is 5.41 Å². The van der Waals surface area contributed by atoms with Crippen LogP contribution in [0.5, 0.6) is 0 Å². The molecule has 0 aromatic rings. The summed E-state index contributed by atoms with van der Waals surface area (Å²) in [7, 11) is 0. The summed E-state index contributed by atoms with van der Waals surface area (Å²) in [6, 6.07) is 0. The van der Waals surface area contributed by atoms with Crippen LogP contribution in [0.1, 0.15) is 13.8 Å². The predicted molar refractivity (Wildman–Crippen MR) is 46.6 cm³/mol. The molecule has 0 radical (unpaired) electrons. The Hall–Kier alpha value is -0.340. The average molecular weight is 155 g/mol. The van der Waals surface area contributed by atoms with E-state index < -0.39 is 0 Å². The second-order valence-electron chi connectivity index (χ2n) is 3.50. The highest BCUT2D eigenvalue weighted by atomic mass is 16.5. The van der Waals surface area contributed by atoms with Gasteiger partial charge in [-0.2, -0.15) is 0 Å². The molecule has 0 aliphatic carbocycles. The molecule has 1 aliphatic rings. The molecule has 1 aliphatic heterocycles. The van der Waals surface area contributed by atoms with Crippen molar-refractivity contribution in [1.29, 1.82) is 0 Å². The first-order valence-corrected chi connectivity index (χ1v) is 4.16. The van der Waals surface area contributed by atoms with E-state index in [1.54, 1.807) is 0 Å². The van der Waals surface area contributed by atoms with Crippen molar-refractivity contribution >= 4 is 0 Å². The van der Waals surface area contributed by atoms with E-state index >= 15 is 0 Å². The molecular weight excluding hydrogens is 138 g/mol. The van der Waals surface area contributed by atoms with E-state index in [-0.39, 0.29) is 0 Å². The van der Waals surface area contributed by atoms with Crippen LogP contribution in [0.4, 0.5) is 0 Å². The molecule has 1 N–H and O–H groups in total. The lowest BCUT2D eigenvalue weighted by Gasteiger charge is -2.38. The van der Waals surface area contributed by atoms with Gasteiger partial charge in [-0.3, -0.25) is 0 Å². The second kappa shape index (κ2) is 3.88. The third-order valence-corrected chi connectivity index (χ3v) is 1.95. The minimum absolute atomic E-state index is 0.404. The zero-order valence-corrected chi connectivity index (χ0v) is 7.39. The molecule has 0 atom stereocenters. The normalized spacial score (nSPS) is 22.0. The molecule has 1 rings (SSSR count). The summed E-state index contributed by atoms with van der Waals surface area (Å²) in [6.45, 7) is 8.16. The summed E-state index contributed by atoms with van der Waals surface area (Å²) >= 11 is 0. The molecule has 1 saturated heterocycles. The third-order valence-electron chi connectivity index (χ3n) is 1.95. The largest absolute Gasteiger partial charge is 0.380 e. The van der Waals surface area contributed by atoms with Gasteiger partial charge in [0.2, 0.25) is 0 Å². The molecule has 2 heteroatoms. The van der Waals surface area contributed by atoms with Crippen LogP contribution in [0.15, 0.2) is 12.2 Å². The van der Waals surface area contributed by atoms with Gasteiger partial charge in [-0.05, 0) is 6.92 Å². The smallest absolute Gasteiger partial charge is 0.0554 e. The zero-order valence-electron chi connectivity index (χ0n) is 7.39. The molecule has 0 unspecified atom stereocenters. The summed E-state index contributed by atoms with van der Waals surface area (Å²) in [5.41, 5.74) is 0.404. The van der Waals surface area contributed by atoms with Crippen molar-refractivity contribution in [3.63, 3.8) is 0 Å². The predicted octanol–water partition coefficient (Wildman–Crippen LogP) is 1.19. The van der Waals surface area contributed by atoms with Gasteiger partial charge in [0.15, 0.2) is 0 Å². The maximum absolute atomic E-state index is 5.14. The molecule has 0 bridgehead atoms. The Morgan fingerprint density at radius 3 is 2.73 bits per heavy atom. The summed E-state index contributed by atoms with van der Waals surface area (Å²) < 4.78 is 5.14. The topological polar surface area (TPSA) is 21.3 Å². The Kier molecular flexibility index (Phi) is 3.09. The Labute approximate surface area is 68.6 Å². The first-order valence-electron chi connectivity index (χ1n) is 4.16. The van der Waals surface area contributed by atoms with Crippen LogP contribution in [0.3, 0.4) is 0 Å².